The van der Waals surface area contributed by atoms with Gasteiger partial charge in [0.1, 0.15) is 23.9 Å². The maximum absolute atomic E-state index is 13.3. The van der Waals surface area contributed by atoms with Crippen molar-refractivity contribution in [2.75, 3.05) is 0 Å². The minimum absolute atomic E-state index is 0.0217. The largest absolute Gasteiger partial charge is 0.508 e. The van der Waals surface area contributed by atoms with E-state index in [1.54, 1.807) is 26.0 Å². The van der Waals surface area contributed by atoms with Crippen LogP contribution in [0.3, 0.4) is 0 Å². The summed E-state index contributed by atoms with van der Waals surface area (Å²) in [5.74, 6) is -3.51. The predicted octanol–water partition coefficient (Wildman–Crippen LogP) is 0.469. The highest BCUT2D eigenvalue weighted by Crippen LogP contribution is 2.13. The van der Waals surface area contributed by atoms with E-state index in [1.165, 1.54) is 24.7 Å². The molecule has 2 aromatic rings. The van der Waals surface area contributed by atoms with Gasteiger partial charge in [0, 0.05) is 24.7 Å². The summed E-state index contributed by atoms with van der Waals surface area (Å²) in [6.07, 6.45) is 3.70. The van der Waals surface area contributed by atoms with Crippen LogP contribution in [0.1, 0.15) is 45.4 Å². The minimum atomic E-state index is -1.26. The van der Waals surface area contributed by atoms with E-state index in [-0.39, 0.29) is 24.5 Å². The van der Waals surface area contributed by atoms with Gasteiger partial charge in [-0.1, -0.05) is 46.2 Å². The number of benzene rings is 1. The number of H-pyrrole nitrogens is 1. The number of rotatable bonds is 14. The first-order chi connectivity index (χ1) is 17.9. The number of hydrogen-bond donors (Lipinski definition) is 7. The van der Waals surface area contributed by atoms with Gasteiger partial charge in [-0.25, -0.2) is 9.78 Å². The van der Waals surface area contributed by atoms with Crippen LogP contribution in [-0.4, -0.2) is 68.0 Å². The van der Waals surface area contributed by atoms with Gasteiger partial charge in [-0.2, -0.15) is 0 Å². The summed E-state index contributed by atoms with van der Waals surface area (Å²) in [5.41, 5.74) is 7.24. The molecule has 1 heterocycles. The Morgan fingerprint density at radius 2 is 1.58 bits per heavy atom. The highest BCUT2D eigenvalue weighted by molar-refractivity contribution is 5.94. The van der Waals surface area contributed by atoms with Gasteiger partial charge >= 0.3 is 5.97 Å². The van der Waals surface area contributed by atoms with Crippen LogP contribution in [0.5, 0.6) is 5.75 Å². The van der Waals surface area contributed by atoms with Crippen molar-refractivity contribution in [3.05, 3.63) is 48.0 Å². The number of carbonyl (C=O) groups is 4. The monoisotopic (exact) mass is 530 g/mol. The van der Waals surface area contributed by atoms with Gasteiger partial charge in [-0.15, -0.1) is 0 Å². The lowest BCUT2D eigenvalue weighted by molar-refractivity contribution is -0.142. The average molecular weight is 531 g/mol. The molecule has 0 aliphatic heterocycles. The summed E-state index contributed by atoms with van der Waals surface area (Å²) in [6.45, 7) is 7.16. The zero-order chi connectivity index (χ0) is 28.4. The van der Waals surface area contributed by atoms with Gasteiger partial charge in [0.2, 0.25) is 17.7 Å². The van der Waals surface area contributed by atoms with Crippen molar-refractivity contribution in [2.24, 2.45) is 17.6 Å². The number of aromatic hydroxyl groups is 1. The topological polar surface area (TPSA) is 200 Å². The number of carbonyl (C=O) groups excluding carboxylic acids is 3. The Kier molecular flexibility index (Phi) is 11.3. The van der Waals surface area contributed by atoms with Gasteiger partial charge in [-0.3, -0.25) is 14.4 Å². The summed E-state index contributed by atoms with van der Waals surface area (Å²) in [7, 11) is 0. The van der Waals surface area contributed by atoms with Gasteiger partial charge in [0.25, 0.3) is 0 Å². The summed E-state index contributed by atoms with van der Waals surface area (Å²) in [6, 6.07) is 1.76. The van der Waals surface area contributed by atoms with Crippen LogP contribution in [0.15, 0.2) is 36.8 Å². The van der Waals surface area contributed by atoms with Crippen LogP contribution >= 0.6 is 0 Å². The van der Waals surface area contributed by atoms with Crippen molar-refractivity contribution < 1.29 is 29.4 Å². The highest BCUT2D eigenvalue weighted by Gasteiger charge is 2.32. The van der Waals surface area contributed by atoms with Crippen LogP contribution < -0.4 is 21.7 Å². The molecular weight excluding hydrogens is 492 g/mol. The van der Waals surface area contributed by atoms with Crippen molar-refractivity contribution in [1.29, 1.82) is 0 Å². The van der Waals surface area contributed by atoms with Gasteiger partial charge in [0.05, 0.1) is 12.4 Å². The molecule has 2 rings (SSSR count). The number of phenols is 1. The molecule has 0 bridgehead atoms. The Labute approximate surface area is 221 Å². The number of aromatic amines is 1. The number of phenolic OH excluding ortho intramolecular Hbond substituents is 1. The number of amides is 3. The molecule has 0 saturated heterocycles. The summed E-state index contributed by atoms with van der Waals surface area (Å²) < 4.78 is 0. The molecule has 0 radical (unpaired) electrons. The molecule has 5 unspecified atom stereocenters. The molecule has 1 aromatic heterocycles. The Hall–Kier alpha value is -3.93. The lowest BCUT2D eigenvalue weighted by atomic mass is 9.98. The smallest absolute Gasteiger partial charge is 0.326 e. The second-order valence-electron chi connectivity index (χ2n) is 9.75. The Morgan fingerprint density at radius 1 is 0.947 bits per heavy atom. The zero-order valence-electron chi connectivity index (χ0n) is 22.1. The standard InChI is InChI=1S/C26H38N6O6/c1-5-15(4)21(27)24(35)30-19(11-17-12-28-13-29-17)23(34)32-22(14(2)3)25(36)31-20(26(37)38)10-16-6-8-18(33)9-7-16/h6-9,12-15,19-22,33H,5,10-11,27H2,1-4H3,(H,28,29)(H,30,35)(H,31,36)(H,32,34)(H,37,38). The lowest BCUT2D eigenvalue weighted by Crippen LogP contribution is -2.59. The first-order valence-electron chi connectivity index (χ1n) is 12.6. The number of aromatic nitrogens is 2. The fraction of sp³-hybridized carbons (Fsp3) is 0.500. The highest BCUT2D eigenvalue weighted by atomic mass is 16.4. The number of hydrogen-bond acceptors (Lipinski definition) is 7. The number of imidazole rings is 1. The molecule has 12 heteroatoms. The van der Waals surface area contributed by atoms with Crippen molar-refractivity contribution >= 4 is 23.7 Å². The molecule has 0 spiro atoms. The summed E-state index contributed by atoms with van der Waals surface area (Å²) >= 11 is 0. The molecule has 0 aliphatic rings. The van der Waals surface area contributed by atoms with Crippen LogP contribution in [0, 0.1) is 11.8 Å². The molecule has 12 nitrogen and oxygen atoms in total. The maximum Gasteiger partial charge on any atom is 0.326 e. The van der Waals surface area contributed by atoms with E-state index in [4.69, 9.17) is 5.73 Å². The van der Waals surface area contributed by atoms with E-state index in [0.717, 1.165) is 0 Å². The third kappa shape index (κ3) is 8.87. The Balaban J connectivity index is 2.17. The zero-order valence-corrected chi connectivity index (χ0v) is 22.1. The van der Waals surface area contributed by atoms with E-state index < -0.39 is 53.8 Å². The van der Waals surface area contributed by atoms with Crippen LogP contribution in [-0.2, 0) is 32.0 Å². The first-order valence-corrected chi connectivity index (χ1v) is 12.6. The second-order valence-corrected chi connectivity index (χ2v) is 9.75. The lowest BCUT2D eigenvalue weighted by Gasteiger charge is -2.27. The van der Waals surface area contributed by atoms with Crippen LogP contribution in [0.2, 0.25) is 0 Å². The fourth-order valence-corrected chi connectivity index (χ4v) is 3.72. The number of carboxylic acid groups (broad SMARTS) is 1. The van der Waals surface area contributed by atoms with Crippen molar-refractivity contribution in [3.8, 4) is 5.75 Å². The van der Waals surface area contributed by atoms with Gasteiger partial charge in [-0.05, 0) is 29.5 Å². The number of aliphatic carboxylic acids is 1. The van der Waals surface area contributed by atoms with Gasteiger partial charge in [0.15, 0.2) is 0 Å². The van der Waals surface area contributed by atoms with Crippen LogP contribution in [0.4, 0.5) is 0 Å². The van der Waals surface area contributed by atoms with Crippen LogP contribution in [0.25, 0.3) is 0 Å². The van der Waals surface area contributed by atoms with E-state index in [1.807, 2.05) is 13.8 Å². The second kappa shape index (κ2) is 14.1. The molecule has 5 atom stereocenters. The average Bonchev–Trinajstić information content (AvgIpc) is 3.39. The molecule has 8 N–H and O–H groups in total. The van der Waals surface area contributed by atoms with E-state index in [2.05, 4.69) is 25.9 Å². The summed E-state index contributed by atoms with van der Waals surface area (Å²) in [5, 5.41) is 27.0. The number of nitrogens with two attached hydrogens (primary N) is 1. The molecule has 0 saturated carbocycles. The molecule has 0 fully saturated rings. The van der Waals surface area contributed by atoms with Crippen molar-refractivity contribution in [3.63, 3.8) is 0 Å². The van der Waals surface area contributed by atoms with Crippen molar-refractivity contribution in [1.82, 2.24) is 25.9 Å². The predicted molar refractivity (Wildman–Crippen MR) is 140 cm³/mol. The molecule has 1 aromatic carbocycles. The third-order valence-electron chi connectivity index (χ3n) is 6.41. The number of carboxylic acids is 1. The van der Waals surface area contributed by atoms with Gasteiger partial charge < -0.3 is 36.9 Å². The van der Waals surface area contributed by atoms with E-state index in [0.29, 0.717) is 17.7 Å². The van der Waals surface area contributed by atoms with E-state index >= 15 is 0 Å². The maximum atomic E-state index is 13.3. The molecule has 208 valence electrons. The molecule has 38 heavy (non-hydrogen) atoms. The molecule has 0 aliphatic carbocycles. The normalized spacial score (nSPS) is 15.1. The SMILES string of the molecule is CCC(C)C(N)C(=O)NC(Cc1cnc[nH]1)C(=O)NC(C(=O)NC(Cc1ccc(O)cc1)C(=O)O)C(C)C. The quantitative estimate of drug-likeness (QED) is 0.183. The minimum Gasteiger partial charge on any atom is -0.508 e. The molecular formula is C26H38N6O6. The van der Waals surface area contributed by atoms with Crippen molar-refractivity contribution in [2.45, 2.75) is 71.1 Å². The fourth-order valence-electron chi connectivity index (χ4n) is 3.72. The number of nitrogens with one attached hydrogen (secondary N) is 4. The first kappa shape index (κ1) is 30.3. The van der Waals surface area contributed by atoms with E-state index in [9.17, 15) is 29.4 Å². The third-order valence-corrected chi connectivity index (χ3v) is 6.41. The molecule has 3 amide bonds. The number of nitrogens with zero attached hydrogens (tertiary/aromatic N) is 1. The summed E-state index contributed by atoms with van der Waals surface area (Å²) in [4.78, 5) is 57.9. The Bertz CT molecular complexity index is 1070. The Morgan fingerprint density at radius 3 is 2.11 bits per heavy atom.